The van der Waals surface area contributed by atoms with E-state index in [1.54, 1.807) is 6.20 Å². The summed E-state index contributed by atoms with van der Waals surface area (Å²) in [4.78, 5) is 24.3. The molecule has 0 saturated heterocycles. The fourth-order valence-corrected chi connectivity index (χ4v) is 4.07. The lowest BCUT2D eigenvalue weighted by Crippen LogP contribution is -2.36. The molecule has 1 heterocycles. The molecule has 1 fully saturated rings. The first-order valence-corrected chi connectivity index (χ1v) is 8.40. The van der Waals surface area contributed by atoms with Gasteiger partial charge in [0.25, 0.3) is 0 Å². The van der Waals surface area contributed by atoms with E-state index in [4.69, 9.17) is 0 Å². The Morgan fingerprint density at radius 1 is 1.20 bits per heavy atom. The summed E-state index contributed by atoms with van der Waals surface area (Å²) < 4.78 is 1.81. The largest absolute Gasteiger partial charge is 0.481 e. The lowest BCUT2D eigenvalue weighted by atomic mass is 9.82. The smallest absolute Gasteiger partial charge is 0.307 e. The molecule has 6 nitrogen and oxygen atoms in total. The van der Waals surface area contributed by atoms with Crippen LogP contribution in [0.1, 0.15) is 12.0 Å². The average molecular weight is 337 g/mol. The van der Waals surface area contributed by atoms with Crippen molar-refractivity contribution in [2.45, 2.75) is 13.0 Å². The minimum atomic E-state index is -0.885. The number of aliphatic carboxylic acids is 1. The number of allylic oxidation sites excluding steroid dienone is 2. The zero-order chi connectivity index (χ0) is 17.4. The van der Waals surface area contributed by atoms with Crippen molar-refractivity contribution < 1.29 is 14.7 Å². The molecule has 2 N–H and O–H groups in total. The summed E-state index contributed by atoms with van der Waals surface area (Å²) >= 11 is 0. The van der Waals surface area contributed by atoms with E-state index in [-0.39, 0.29) is 17.7 Å². The number of fused-ring (bicyclic) bond motifs is 2. The predicted molar refractivity (Wildman–Crippen MR) is 91.8 cm³/mol. The Labute approximate surface area is 145 Å². The van der Waals surface area contributed by atoms with Crippen LogP contribution < -0.4 is 5.32 Å². The SMILES string of the molecule is O=C(Nc1cccc(Cn2cccn2)c1)[C@@H]1[C@H](C(=O)O)[C@H]2C=C[C@H]1C2. The minimum absolute atomic E-state index is 0.0237. The van der Waals surface area contributed by atoms with Gasteiger partial charge in [0.05, 0.1) is 18.4 Å². The summed E-state index contributed by atoms with van der Waals surface area (Å²) in [6, 6.07) is 9.43. The molecule has 2 aliphatic rings. The molecule has 0 aliphatic heterocycles. The van der Waals surface area contributed by atoms with Crippen molar-refractivity contribution in [2.24, 2.45) is 23.7 Å². The third-order valence-electron chi connectivity index (χ3n) is 5.15. The monoisotopic (exact) mass is 337 g/mol. The van der Waals surface area contributed by atoms with E-state index in [0.29, 0.717) is 12.2 Å². The number of carboxylic acid groups (broad SMARTS) is 1. The topological polar surface area (TPSA) is 84.2 Å². The van der Waals surface area contributed by atoms with Crippen molar-refractivity contribution in [1.29, 1.82) is 0 Å². The quantitative estimate of drug-likeness (QED) is 0.821. The Morgan fingerprint density at radius 3 is 2.72 bits per heavy atom. The molecule has 4 atom stereocenters. The van der Waals surface area contributed by atoms with Crippen LogP contribution in [0.3, 0.4) is 0 Å². The second-order valence-electron chi connectivity index (χ2n) is 6.73. The summed E-state index contributed by atoms with van der Waals surface area (Å²) in [5.74, 6) is -2.21. The third kappa shape index (κ3) is 2.95. The number of amides is 1. The van der Waals surface area contributed by atoms with Gasteiger partial charge in [-0.25, -0.2) is 0 Å². The molecular weight excluding hydrogens is 318 g/mol. The zero-order valence-electron chi connectivity index (χ0n) is 13.6. The van der Waals surface area contributed by atoms with Gasteiger partial charge in [0.2, 0.25) is 5.91 Å². The highest BCUT2D eigenvalue weighted by Gasteiger charge is 2.51. The molecule has 0 spiro atoms. The average Bonchev–Trinajstić information content (AvgIpc) is 3.31. The number of aromatic nitrogens is 2. The van der Waals surface area contributed by atoms with Gasteiger partial charge in [-0.15, -0.1) is 0 Å². The molecule has 128 valence electrons. The van der Waals surface area contributed by atoms with Gasteiger partial charge >= 0.3 is 5.97 Å². The van der Waals surface area contributed by atoms with E-state index in [2.05, 4.69) is 10.4 Å². The van der Waals surface area contributed by atoms with Crippen LogP contribution in [0, 0.1) is 23.7 Å². The number of hydrogen-bond acceptors (Lipinski definition) is 3. The van der Waals surface area contributed by atoms with Crippen LogP contribution in [-0.2, 0) is 16.1 Å². The number of carbonyl (C=O) groups is 2. The maximum Gasteiger partial charge on any atom is 0.307 e. The number of carboxylic acids is 1. The fourth-order valence-electron chi connectivity index (χ4n) is 4.07. The highest BCUT2D eigenvalue weighted by molar-refractivity contribution is 5.96. The van der Waals surface area contributed by atoms with E-state index in [1.807, 2.05) is 53.4 Å². The molecule has 4 rings (SSSR count). The van der Waals surface area contributed by atoms with E-state index in [9.17, 15) is 14.7 Å². The van der Waals surface area contributed by atoms with Crippen LogP contribution in [-0.4, -0.2) is 26.8 Å². The van der Waals surface area contributed by atoms with Gasteiger partial charge in [0.1, 0.15) is 0 Å². The molecule has 1 amide bonds. The standard InChI is InChI=1S/C19H19N3O3/c23-18(16-13-5-6-14(10-13)17(16)19(24)25)21-15-4-1-3-12(9-15)11-22-8-2-7-20-22/h1-9,13-14,16-17H,10-11H2,(H,21,23)(H,24,25)/t13-,14-,16-,17+/m0/s1. The van der Waals surface area contributed by atoms with Crippen LogP contribution in [0.2, 0.25) is 0 Å². The van der Waals surface area contributed by atoms with Gasteiger partial charge < -0.3 is 10.4 Å². The van der Waals surface area contributed by atoms with Gasteiger partial charge in [-0.1, -0.05) is 24.3 Å². The summed E-state index contributed by atoms with van der Waals surface area (Å²) in [5, 5.41) is 16.6. The fraction of sp³-hybridized carbons (Fsp3) is 0.316. The summed E-state index contributed by atoms with van der Waals surface area (Å²) in [6.45, 7) is 0.616. The highest BCUT2D eigenvalue weighted by atomic mass is 16.4. The number of hydrogen-bond donors (Lipinski definition) is 2. The molecule has 2 bridgehead atoms. The van der Waals surface area contributed by atoms with E-state index in [0.717, 1.165) is 12.0 Å². The van der Waals surface area contributed by atoms with E-state index < -0.39 is 17.8 Å². The number of anilines is 1. The molecular formula is C19H19N3O3. The van der Waals surface area contributed by atoms with Crippen LogP contribution in [0.5, 0.6) is 0 Å². The maximum absolute atomic E-state index is 12.7. The molecule has 0 radical (unpaired) electrons. The first-order chi connectivity index (χ1) is 12.1. The van der Waals surface area contributed by atoms with Crippen LogP contribution in [0.4, 0.5) is 5.69 Å². The predicted octanol–water partition coefficient (Wildman–Crippen LogP) is 2.39. The number of rotatable bonds is 5. The Morgan fingerprint density at radius 2 is 2.00 bits per heavy atom. The van der Waals surface area contributed by atoms with Gasteiger partial charge in [-0.2, -0.15) is 5.10 Å². The Balaban J connectivity index is 1.49. The normalized spacial score (nSPS) is 26.7. The second-order valence-corrected chi connectivity index (χ2v) is 6.73. The number of carbonyl (C=O) groups excluding carboxylic acids is 1. The summed E-state index contributed by atoms with van der Waals surface area (Å²) in [5.41, 5.74) is 1.70. The minimum Gasteiger partial charge on any atom is -0.481 e. The zero-order valence-corrected chi connectivity index (χ0v) is 13.6. The molecule has 2 aromatic rings. The van der Waals surface area contributed by atoms with Crippen molar-refractivity contribution in [3.8, 4) is 0 Å². The molecule has 0 unspecified atom stereocenters. The van der Waals surface area contributed by atoms with Gasteiger partial charge in [-0.3, -0.25) is 14.3 Å². The highest BCUT2D eigenvalue weighted by Crippen LogP contribution is 2.48. The van der Waals surface area contributed by atoms with E-state index >= 15 is 0 Å². The Kier molecular flexibility index (Phi) is 3.87. The van der Waals surface area contributed by atoms with Crippen LogP contribution in [0.15, 0.2) is 54.9 Å². The van der Waals surface area contributed by atoms with Crippen molar-refractivity contribution in [3.05, 3.63) is 60.4 Å². The lowest BCUT2D eigenvalue weighted by molar-refractivity contribution is -0.146. The van der Waals surface area contributed by atoms with Gasteiger partial charge in [-0.05, 0) is 42.0 Å². The molecule has 25 heavy (non-hydrogen) atoms. The van der Waals surface area contributed by atoms with Crippen molar-refractivity contribution >= 4 is 17.6 Å². The van der Waals surface area contributed by atoms with Crippen molar-refractivity contribution in [3.63, 3.8) is 0 Å². The number of nitrogens with zero attached hydrogens (tertiary/aromatic N) is 2. The molecule has 2 aliphatic carbocycles. The number of nitrogens with one attached hydrogen (secondary N) is 1. The Hall–Kier alpha value is -2.89. The van der Waals surface area contributed by atoms with Crippen LogP contribution in [0.25, 0.3) is 0 Å². The van der Waals surface area contributed by atoms with Gasteiger partial charge in [0, 0.05) is 18.1 Å². The number of benzene rings is 1. The lowest BCUT2D eigenvalue weighted by Gasteiger charge is -2.24. The van der Waals surface area contributed by atoms with Gasteiger partial charge in [0.15, 0.2) is 0 Å². The summed E-state index contributed by atoms with van der Waals surface area (Å²) in [6.07, 6.45) is 8.29. The first-order valence-electron chi connectivity index (χ1n) is 8.40. The van der Waals surface area contributed by atoms with E-state index in [1.165, 1.54) is 0 Å². The maximum atomic E-state index is 12.7. The molecule has 1 aromatic heterocycles. The molecule has 6 heteroatoms. The second kappa shape index (κ2) is 6.20. The molecule has 1 aromatic carbocycles. The summed E-state index contributed by atoms with van der Waals surface area (Å²) in [7, 11) is 0. The third-order valence-corrected chi connectivity index (χ3v) is 5.15. The molecule has 1 saturated carbocycles. The Bertz CT molecular complexity index is 828. The van der Waals surface area contributed by atoms with Crippen molar-refractivity contribution in [2.75, 3.05) is 5.32 Å². The van der Waals surface area contributed by atoms with Crippen LogP contribution >= 0.6 is 0 Å². The first kappa shape index (κ1) is 15.6. The van der Waals surface area contributed by atoms with Crippen molar-refractivity contribution in [1.82, 2.24) is 9.78 Å².